The molecule has 2 aromatic heterocycles. The Morgan fingerprint density at radius 3 is 2.57 bits per heavy atom. The summed E-state index contributed by atoms with van der Waals surface area (Å²) in [5.74, 6) is 2.01. The maximum Gasteiger partial charge on any atom is 0.231 e. The van der Waals surface area contributed by atoms with E-state index in [2.05, 4.69) is 20.4 Å². The lowest BCUT2D eigenvalue weighted by Gasteiger charge is -2.32. The van der Waals surface area contributed by atoms with Gasteiger partial charge in [-0.3, -0.25) is 9.20 Å². The van der Waals surface area contributed by atoms with Gasteiger partial charge in [0.25, 0.3) is 0 Å². The SMILES string of the molecule is COc1cc(NC(=O)C2CCCN(c3nnc4ccccn34)C2)cc(OC)c1OC. The van der Waals surface area contributed by atoms with Crippen LogP contribution in [0, 0.1) is 5.92 Å². The van der Waals surface area contributed by atoms with Crippen LogP contribution in [-0.2, 0) is 4.79 Å². The fourth-order valence-electron chi connectivity index (χ4n) is 3.81. The van der Waals surface area contributed by atoms with Crippen molar-refractivity contribution in [2.24, 2.45) is 5.92 Å². The number of ether oxygens (including phenoxy) is 3. The molecule has 4 rings (SSSR count). The molecule has 1 atom stereocenters. The number of rotatable bonds is 6. The number of carbonyl (C=O) groups excluding carboxylic acids is 1. The zero-order chi connectivity index (χ0) is 21.1. The zero-order valence-corrected chi connectivity index (χ0v) is 17.3. The Morgan fingerprint density at radius 1 is 1.10 bits per heavy atom. The molecule has 0 bridgehead atoms. The number of aromatic nitrogens is 3. The summed E-state index contributed by atoms with van der Waals surface area (Å²) in [6, 6.07) is 9.24. The minimum absolute atomic E-state index is 0.0530. The van der Waals surface area contributed by atoms with Crippen molar-refractivity contribution in [3.05, 3.63) is 36.5 Å². The zero-order valence-electron chi connectivity index (χ0n) is 17.3. The maximum atomic E-state index is 13.0. The van der Waals surface area contributed by atoms with Crippen LogP contribution in [0.5, 0.6) is 17.2 Å². The van der Waals surface area contributed by atoms with Gasteiger partial charge in [0.05, 0.1) is 27.2 Å². The first-order chi connectivity index (χ1) is 14.6. The monoisotopic (exact) mass is 411 g/mol. The van der Waals surface area contributed by atoms with Crippen molar-refractivity contribution < 1.29 is 19.0 Å². The second-order valence-electron chi connectivity index (χ2n) is 7.12. The van der Waals surface area contributed by atoms with Crippen LogP contribution in [0.15, 0.2) is 36.5 Å². The van der Waals surface area contributed by atoms with Crippen LogP contribution < -0.4 is 24.4 Å². The highest BCUT2D eigenvalue weighted by atomic mass is 16.5. The quantitative estimate of drug-likeness (QED) is 0.667. The van der Waals surface area contributed by atoms with E-state index in [1.165, 1.54) is 0 Å². The van der Waals surface area contributed by atoms with Crippen LogP contribution in [0.4, 0.5) is 11.6 Å². The number of nitrogens with zero attached hydrogens (tertiary/aromatic N) is 4. The van der Waals surface area contributed by atoms with Crippen molar-refractivity contribution in [2.75, 3.05) is 44.6 Å². The van der Waals surface area contributed by atoms with Crippen molar-refractivity contribution in [1.82, 2.24) is 14.6 Å². The standard InChI is InChI=1S/C21H25N5O4/c1-28-16-11-15(12-17(29-2)19(16)30-3)22-20(27)14-7-6-9-25(13-14)21-24-23-18-8-4-5-10-26(18)21/h4-5,8,10-12,14H,6-7,9,13H2,1-3H3,(H,22,27). The van der Waals surface area contributed by atoms with Gasteiger partial charge in [-0.1, -0.05) is 6.07 Å². The van der Waals surface area contributed by atoms with E-state index in [-0.39, 0.29) is 11.8 Å². The van der Waals surface area contributed by atoms with Gasteiger partial charge < -0.3 is 24.4 Å². The Balaban J connectivity index is 1.51. The minimum atomic E-state index is -0.172. The Bertz CT molecular complexity index is 1030. The van der Waals surface area contributed by atoms with Crippen LogP contribution in [0.2, 0.25) is 0 Å². The molecule has 0 spiro atoms. The third kappa shape index (κ3) is 3.70. The Morgan fingerprint density at radius 2 is 1.87 bits per heavy atom. The molecule has 158 valence electrons. The summed E-state index contributed by atoms with van der Waals surface area (Å²) in [5.41, 5.74) is 1.39. The van der Waals surface area contributed by atoms with Crippen molar-refractivity contribution in [3.63, 3.8) is 0 Å². The average molecular weight is 411 g/mol. The summed E-state index contributed by atoms with van der Waals surface area (Å²) in [7, 11) is 4.64. The topological polar surface area (TPSA) is 90.2 Å². The van der Waals surface area contributed by atoms with Gasteiger partial charge >= 0.3 is 0 Å². The molecule has 0 radical (unpaired) electrons. The van der Waals surface area contributed by atoms with Gasteiger partial charge in [0.2, 0.25) is 17.6 Å². The first-order valence-corrected chi connectivity index (χ1v) is 9.80. The van der Waals surface area contributed by atoms with Gasteiger partial charge in [-0.2, -0.15) is 0 Å². The molecule has 0 saturated carbocycles. The number of anilines is 2. The number of carbonyl (C=O) groups is 1. The van der Waals surface area contributed by atoms with Gasteiger partial charge in [0, 0.05) is 37.1 Å². The molecule has 1 N–H and O–H groups in total. The van der Waals surface area contributed by atoms with Gasteiger partial charge in [-0.15, -0.1) is 10.2 Å². The molecule has 1 aliphatic heterocycles. The van der Waals surface area contributed by atoms with E-state index in [1.54, 1.807) is 33.5 Å². The summed E-state index contributed by atoms with van der Waals surface area (Å²) >= 11 is 0. The van der Waals surface area contributed by atoms with E-state index in [0.717, 1.165) is 31.0 Å². The fourth-order valence-corrected chi connectivity index (χ4v) is 3.81. The number of methoxy groups -OCH3 is 3. The minimum Gasteiger partial charge on any atom is -0.493 e. The van der Waals surface area contributed by atoms with E-state index in [9.17, 15) is 4.79 Å². The molecule has 30 heavy (non-hydrogen) atoms. The van der Waals surface area contributed by atoms with Crippen LogP contribution in [0.25, 0.3) is 5.65 Å². The van der Waals surface area contributed by atoms with E-state index in [4.69, 9.17) is 14.2 Å². The number of nitrogens with one attached hydrogen (secondary N) is 1. The molecular weight excluding hydrogens is 386 g/mol. The molecule has 3 aromatic rings. The Labute approximate surface area is 174 Å². The molecule has 1 fully saturated rings. The fraction of sp³-hybridized carbons (Fsp3) is 0.381. The van der Waals surface area contributed by atoms with E-state index in [1.807, 2.05) is 28.8 Å². The molecule has 1 amide bonds. The lowest BCUT2D eigenvalue weighted by atomic mass is 9.97. The van der Waals surface area contributed by atoms with E-state index < -0.39 is 0 Å². The first-order valence-electron chi connectivity index (χ1n) is 9.80. The largest absolute Gasteiger partial charge is 0.493 e. The third-order valence-electron chi connectivity index (χ3n) is 5.30. The smallest absolute Gasteiger partial charge is 0.231 e. The molecule has 9 nitrogen and oxygen atoms in total. The van der Waals surface area contributed by atoms with E-state index >= 15 is 0 Å². The number of piperidine rings is 1. The first kappa shape index (κ1) is 19.8. The normalized spacial score (nSPS) is 16.4. The van der Waals surface area contributed by atoms with Crippen molar-refractivity contribution in [1.29, 1.82) is 0 Å². The summed E-state index contributed by atoms with van der Waals surface area (Å²) in [6.07, 6.45) is 3.64. The van der Waals surface area contributed by atoms with E-state index in [0.29, 0.717) is 29.5 Å². The summed E-state index contributed by atoms with van der Waals surface area (Å²) < 4.78 is 18.0. The van der Waals surface area contributed by atoms with Crippen molar-refractivity contribution in [2.45, 2.75) is 12.8 Å². The van der Waals surface area contributed by atoms with Crippen molar-refractivity contribution in [3.8, 4) is 17.2 Å². The predicted molar refractivity (Wildman–Crippen MR) is 113 cm³/mol. The van der Waals surface area contributed by atoms with Crippen LogP contribution in [0.3, 0.4) is 0 Å². The number of hydrogen-bond acceptors (Lipinski definition) is 7. The predicted octanol–water partition coefficient (Wildman–Crippen LogP) is 2.61. The molecular formula is C21H25N5O4. The lowest BCUT2D eigenvalue weighted by molar-refractivity contribution is -0.120. The van der Waals surface area contributed by atoms with Gasteiger partial charge in [-0.05, 0) is 25.0 Å². The van der Waals surface area contributed by atoms with Gasteiger partial charge in [0.15, 0.2) is 17.1 Å². The molecule has 3 heterocycles. The summed E-state index contributed by atoms with van der Waals surface area (Å²) in [5, 5.41) is 11.5. The maximum absolute atomic E-state index is 13.0. The number of amides is 1. The molecule has 1 aliphatic rings. The molecule has 1 saturated heterocycles. The molecule has 0 aliphatic carbocycles. The Kier molecular flexibility index (Phi) is 5.60. The molecule has 9 heteroatoms. The highest BCUT2D eigenvalue weighted by molar-refractivity contribution is 5.93. The van der Waals surface area contributed by atoms with Crippen molar-refractivity contribution >= 4 is 23.2 Å². The Hall–Kier alpha value is -3.49. The number of pyridine rings is 1. The van der Waals surface area contributed by atoms with Gasteiger partial charge in [0.1, 0.15) is 0 Å². The summed E-state index contributed by atoms with van der Waals surface area (Å²) in [6.45, 7) is 1.41. The average Bonchev–Trinajstić information content (AvgIpc) is 3.22. The lowest BCUT2D eigenvalue weighted by Crippen LogP contribution is -2.41. The van der Waals surface area contributed by atoms with Crippen LogP contribution in [0.1, 0.15) is 12.8 Å². The third-order valence-corrected chi connectivity index (χ3v) is 5.30. The van der Waals surface area contributed by atoms with Gasteiger partial charge in [-0.25, -0.2) is 0 Å². The van der Waals surface area contributed by atoms with Crippen LogP contribution in [-0.4, -0.2) is 54.9 Å². The number of benzene rings is 1. The number of fused-ring (bicyclic) bond motifs is 1. The van der Waals surface area contributed by atoms with Crippen LogP contribution >= 0.6 is 0 Å². The summed E-state index contributed by atoms with van der Waals surface area (Å²) in [4.78, 5) is 15.1. The highest BCUT2D eigenvalue weighted by Crippen LogP contribution is 2.40. The number of hydrogen-bond donors (Lipinski definition) is 1. The second-order valence-corrected chi connectivity index (χ2v) is 7.12. The molecule has 1 aromatic carbocycles. The highest BCUT2D eigenvalue weighted by Gasteiger charge is 2.28. The molecule has 1 unspecified atom stereocenters. The second kappa shape index (κ2) is 8.48.